The van der Waals surface area contributed by atoms with Gasteiger partial charge in [0.2, 0.25) is 0 Å². The van der Waals surface area contributed by atoms with Gasteiger partial charge in [-0.2, -0.15) is 0 Å². The molecule has 0 fully saturated rings. The van der Waals surface area contributed by atoms with Gasteiger partial charge >= 0.3 is 0 Å². The summed E-state index contributed by atoms with van der Waals surface area (Å²) >= 11 is 0. The fourth-order valence-electron chi connectivity index (χ4n) is 2.84. The lowest BCUT2D eigenvalue weighted by atomic mass is 10.2. The van der Waals surface area contributed by atoms with Gasteiger partial charge < -0.3 is 4.57 Å². The zero-order chi connectivity index (χ0) is 16.4. The summed E-state index contributed by atoms with van der Waals surface area (Å²) in [6, 6.07) is 18.2. The first kappa shape index (κ1) is 14.6. The van der Waals surface area contributed by atoms with E-state index in [0.717, 1.165) is 46.7 Å². The quantitative estimate of drug-likeness (QED) is 0.575. The molecule has 2 aromatic heterocycles. The van der Waals surface area contributed by atoms with E-state index in [1.807, 2.05) is 55.7 Å². The third kappa shape index (κ3) is 2.91. The van der Waals surface area contributed by atoms with Gasteiger partial charge in [0.1, 0.15) is 5.82 Å². The van der Waals surface area contributed by atoms with E-state index in [9.17, 15) is 0 Å². The van der Waals surface area contributed by atoms with E-state index in [4.69, 9.17) is 4.98 Å². The van der Waals surface area contributed by atoms with E-state index in [1.165, 1.54) is 0 Å². The number of para-hydroxylation sites is 2. The van der Waals surface area contributed by atoms with Crippen molar-refractivity contribution in [3.63, 3.8) is 0 Å². The molecule has 0 amide bonds. The van der Waals surface area contributed by atoms with E-state index in [0.29, 0.717) is 0 Å². The standard InChI is InChI=1S/C20H18N4/c1-24-14-19(15-7-3-2-4-8-15)23-20(24)12-11-16-13-21-17-9-5-6-10-18(17)22-16/h2-10,13-14H,11-12H2,1H3. The number of nitrogens with zero attached hydrogens (tertiary/aromatic N) is 4. The molecule has 4 nitrogen and oxygen atoms in total. The van der Waals surface area contributed by atoms with Gasteiger partial charge in [-0.3, -0.25) is 4.98 Å². The van der Waals surface area contributed by atoms with Gasteiger partial charge in [0.15, 0.2) is 0 Å². The van der Waals surface area contributed by atoms with Gasteiger partial charge in [0, 0.05) is 31.4 Å². The van der Waals surface area contributed by atoms with Gasteiger partial charge in [-0.25, -0.2) is 9.97 Å². The Kier molecular flexibility index (Phi) is 3.79. The second-order valence-electron chi connectivity index (χ2n) is 5.87. The molecule has 118 valence electrons. The average molecular weight is 314 g/mol. The van der Waals surface area contributed by atoms with Crippen molar-refractivity contribution >= 4 is 11.0 Å². The van der Waals surface area contributed by atoms with Crippen LogP contribution in [0, 0.1) is 0 Å². The number of fused-ring (bicyclic) bond motifs is 1. The van der Waals surface area contributed by atoms with Crippen molar-refractivity contribution in [3.05, 3.63) is 78.5 Å². The van der Waals surface area contributed by atoms with E-state index >= 15 is 0 Å². The third-order valence-corrected chi connectivity index (χ3v) is 4.15. The summed E-state index contributed by atoms with van der Waals surface area (Å²) in [5.41, 5.74) is 5.03. The predicted molar refractivity (Wildman–Crippen MR) is 95.6 cm³/mol. The van der Waals surface area contributed by atoms with Gasteiger partial charge in [-0.15, -0.1) is 0 Å². The summed E-state index contributed by atoms with van der Waals surface area (Å²) in [4.78, 5) is 13.9. The smallest absolute Gasteiger partial charge is 0.109 e. The Morgan fingerprint density at radius 1 is 0.833 bits per heavy atom. The molecule has 4 aromatic rings. The normalized spacial score (nSPS) is 11.0. The molecule has 0 unspecified atom stereocenters. The summed E-state index contributed by atoms with van der Waals surface area (Å²) in [6.07, 6.45) is 5.62. The average Bonchev–Trinajstić information content (AvgIpc) is 3.01. The van der Waals surface area contributed by atoms with Gasteiger partial charge in [0.05, 0.1) is 22.4 Å². The fourth-order valence-corrected chi connectivity index (χ4v) is 2.84. The second kappa shape index (κ2) is 6.24. The van der Waals surface area contributed by atoms with Gasteiger partial charge in [-0.1, -0.05) is 42.5 Å². The highest BCUT2D eigenvalue weighted by atomic mass is 15.0. The van der Waals surface area contributed by atoms with Crippen molar-refractivity contribution in [3.8, 4) is 11.3 Å². The van der Waals surface area contributed by atoms with Crippen LogP contribution in [-0.4, -0.2) is 19.5 Å². The maximum atomic E-state index is 4.77. The number of benzene rings is 2. The molecular formula is C20H18N4. The second-order valence-corrected chi connectivity index (χ2v) is 5.87. The van der Waals surface area contributed by atoms with Gasteiger partial charge in [0.25, 0.3) is 0 Å². The summed E-state index contributed by atoms with van der Waals surface area (Å²) < 4.78 is 2.09. The number of hydrogen-bond donors (Lipinski definition) is 0. The molecule has 0 atom stereocenters. The Bertz CT molecular complexity index is 973. The summed E-state index contributed by atoms with van der Waals surface area (Å²) in [7, 11) is 2.04. The molecule has 24 heavy (non-hydrogen) atoms. The molecular weight excluding hydrogens is 296 g/mol. The monoisotopic (exact) mass is 314 g/mol. The van der Waals surface area contributed by atoms with Crippen molar-refractivity contribution in [2.45, 2.75) is 12.8 Å². The first-order chi connectivity index (χ1) is 11.8. The molecule has 0 spiro atoms. The van der Waals surface area contributed by atoms with Crippen LogP contribution in [0.4, 0.5) is 0 Å². The molecule has 2 aromatic carbocycles. The SMILES string of the molecule is Cn1cc(-c2ccccc2)nc1CCc1cnc2ccccc2n1. The highest BCUT2D eigenvalue weighted by Gasteiger charge is 2.08. The summed E-state index contributed by atoms with van der Waals surface area (Å²) in [5, 5.41) is 0. The Balaban J connectivity index is 1.54. The van der Waals surface area contributed by atoms with Crippen LogP contribution in [0.2, 0.25) is 0 Å². The van der Waals surface area contributed by atoms with E-state index < -0.39 is 0 Å². The highest BCUT2D eigenvalue weighted by molar-refractivity contribution is 5.73. The number of hydrogen-bond acceptors (Lipinski definition) is 3. The first-order valence-corrected chi connectivity index (χ1v) is 8.08. The Labute approximate surface area is 140 Å². The molecule has 4 rings (SSSR count). The van der Waals surface area contributed by atoms with Crippen molar-refractivity contribution in [1.29, 1.82) is 0 Å². The van der Waals surface area contributed by atoms with Crippen LogP contribution in [0.3, 0.4) is 0 Å². The van der Waals surface area contributed by atoms with Crippen LogP contribution >= 0.6 is 0 Å². The van der Waals surface area contributed by atoms with Crippen molar-refractivity contribution < 1.29 is 0 Å². The van der Waals surface area contributed by atoms with Crippen molar-refractivity contribution in [1.82, 2.24) is 19.5 Å². The minimum absolute atomic E-state index is 0.830. The van der Waals surface area contributed by atoms with Crippen LogP contribution < -0.4 is 0 Å². The minimum atomic E-state index is 0.830. The van der Waals surface area contributed by atoms with E-state index in [1.54, 1.807) is 0 Å². The molecule has 0 aliphatic carbocycles. The van der Waals surface area contributed by atoms with Crippen molar-refractivity contribution in [2.75, 3.05) is 0 Å². The minimum Gasteiger partial charge on any atom is -0.337 e. The van der Waals surface area contributed by atoms with Crippen LogP contribution in [0.5, 0.6) is 0 Å². The molecule has 0 saturated heterocycles. The maximum Gasteiger partial charge on any atom is 0.109 e. The van der Waals surface area contributed by atoms with Gasteiger partial charge in [-0.05, 0) is 18.6 Å². The highest BCUT2D eigenvalue weighted by Crippen LogP contribution is 2.18. The zero-order valence-corrected chi connectivity index (χ0v) is 13.6. The van der Waals surface area contributed by atoms with E-state index in [-0.39, 0.29) is 0 Å². The number of aromatic nitrogens is 4. The van der Waals surface area contributed by atoms with Crippen LogP contribution in [0.25, 0.3) is 22.3 Å². The lowest BCUT2D eigenvalue weighted by Crippen LogP contribution is -2.02. The lowest BCUT2D eigenvalue weighted by Gasteiger charge is -2.03. The fraction of sp³-hybridized carbons (Fsp3) is 0.150. The molecule has 0 aliphatic rings. The van der Waals surface area contributed by atoms with Crippen LogP contribution in [0.1, 0.15) is 11.5 Å². The topological polar surface area (TPSA) is 43.6 Å². The summed E-state index contributed by atoms with van der Waals surface area (Å²) in [5.74, 6) is 1.06. The largest absolute Gasteiger partial charge is 0.337 e. The summed E-state index contributed by atoms with van der Waals surface area (Å²) in [6.45, 7) is 0. The Morgan fingerprint density at radius 3 is 2.42 bits per heavy atom. The first-order valence-electron chi connectivity index (χ1n) is 8.08. The van der Waals surface area contributed by atoms with Crippen LogP contribution in [-0.2, 0) is 19.9 Å². The Hall–Kier alpha value is -3.01. The molecule has 4 heteroatoms. The molecule has 0 bridgehead atoms. The number of imidazole rings is 1. The molecule has 0 radical (unpaired) electrons. The predicted octanol–water partition coefficient (Wildman–Crippen LogP) is 3.82. The lowest BCUT2D eigenvalue weighted by molar-refractivity contribution is 0.762. The molecule has 0 aliphatic heterocycles. The molecule has 2 heterocycles. The molecule has 0 N–H and O–H groups in total. The zero-order valence-electron chi connectivity index (χ0n) is 13.6. The number of rotatable bonds is 4. The maximum absolute atomic E-state index is 4.77. The van der Waals surface area contributed by atoms with Crippen molar-refractivity contribution in [2.24, 2.45) is 7.05 Å². The third-order valence-electron chi connectivity index (χ3n) is 4.15. The van der Waals surface area contributed by atoms with Crippen LogP contribution in [0.15, 0.2) is 67.0 Å². The van der Waals surface area contributed by atoms with E-state index in [2.05, 4.69) is 32.9 Å². The number of aryl methyl sites for hydroxylation is 3. The molecule has 0 saturated carbocycles. The Morgan fingerprint density at radius 2 is 1.58 bits per heavy atom.